The van der Waals surface area contributed by atoms with Crippen molar-refractivity contribution in [2.24, 2.45) is 5.41 Å². The van der Waals surface area contributed by atoms with Gasteiger partial charge in [-0.05, 0) is 42.0 Å². The second-order valence-corrected chi connectivity index (χ2v) is 9.98. The summed E-state index contributed by atoms with van der Waals surface area (Å²) in [5.74, 6) is -0.740. The predicted octanol–water partition coefficient (Wildman–Crippen LogP) is 5.10. The fourth-order valence-electron chi connectivity index (χ4n) is 4.81. The molecule has 2 aromatic rings. The number of hydrogen-bond acceptors (Lipinski definition) is 5. The molecule has 0 unspecified atom stereocenters. The normalized spacial score (nSPS) is 19.7. The third kappa shape index (κ3) is 4.72. The summed E-state index contributed by atoms with van der Waals surface area (Å²) in [4.78, 5) is 28.8. The van der Waals surface area contributed by atoms with Gasteiger partial charge >= 0.3 is 5.97 Å². The fourth-order valence-corrected chi connectivity index (χ4v) is 4.81. The molecular weight excluding hydrogens is 412 g/mol. The molecule has 172 valence electrons. The molecule has 2 aliphatic rings. The van der Waals surface area contributed by atoms with Crippen LogP contribution >= 0.6 is 0 Å². The van der Waals surface area contributed by atoms with Crippen molar-refractivity contribution in [3.63, 3.8) is 0 Å². The molecule has 0 spiro atoms. The number of esters is 1. The van der Waals surface area contributed by atoms with Gasteiger partial charge in [-0.1, -0.05) is 56.3 Å². The number of benzene rings is 2. The van der Waals surface area contributed by atoms with Crippen molar-refractivity contribution in [1.82, 2.24) is 5.32 Å². The molecule has 4 rings (SSSR count). The molecule has 0 aromatic heterocycles. The van der Waals surface area contributed by atoms with E-state index in [9.17, 15) is 9.59 Å². The fraction of sp³-hybridized carbons (Fsp3) is 0.357. The zero-order valence-electron chi connectivity index (χ0n) is 20.1. The summed E-state index contributed by atoms with van der Waals surface area (Å²) in [7, 11) is 3.98. The van der Waals surface area contributed by atoms with Crippen LogP contribution in [0.5, 0.6) is 0 Å². The summed E-state index contributed by atoms with van der Waals surface area (Å²) in [5, 5.41) is 3.39. The second-order valence-electron chi connectivity index (χ2n) is 9.98. The van der Waals surface area contributed by atoms with E-state index in [0.717, 1.165) is 34.6 Å². The Labute approximate surface area is 196 Å². The first-order chi connectivity index (χ1) is 15.7. The van der Waals surface area contributed by atoms with Crippen molar-refractivity contribution < 1.29 is 14.3 Å². The molecule has 0 saturated heterocycles. The number of rotatable bonds is 5. The Morgan fingerprint density at radius 3 is 2.36 bits per heavy atom. The average Bonchev–Trinajstić information content (AvgIpc) is 2.76. The monoisotopic (exact) mass is 444 g/mol. The molecule has 0 saturated carbocycles. The zero-order valence-corrected chi connectivity index (χ0v) is 20.1. The minimum absolute atomic E-state index is 0.0938. The quantitative estimate of drug-likeness (QED) is 0.650. The Morgan fingerprint density at radius 1 is 1.06 bits per heavy atom. The molecule has 1 aliphatic carbocycles. The summed E-state index contributed by atoms with van der Waals surface area (Å²) >= 11 is 0. The Balaban J connectivity index is 1.74. The lowest BCUT2D eigenvalue weighted by Gasteiger charge is -2.39. The highest BCUT2D eigenvalue weighted by Gasteiger charge is 2.43. The number of nitrogens with zero attached hydrogens (tertiary/aromatic N) is 1. The number of ether oxygens (including phenoxy) is 1. The van der Waals surface area contributed by atoms with E-state index in [1.807, 2.05) is 80.5 Å². The number of allylic oxidation sites excluding steroid dienone is 3. The van der Waals surface area contributed by atoms with Crippen LogP contribution in [-0.2, 0) is 20.9 Å². The summed E-state index contributed by atoms with van der Waals surface area (Å²) in [5.41, 5.74) is 5.68. The van der Waals surface area contributed by atoms with E-state index in [1.54, 1.807) is 0 Å². The van der Waals surface area contributed by atoms with Crippen molar-refractivity contribution in [2.75, 3.05) is 19.0 Å². The highest BCUT2D eigenvalue weighted by molar-refractivity contribution is 6.04. The molecule has 33 heavy (non-hydrogen) atoms. The topological polar surface area (TPSA) is 58.6 Å². The third-order valence-electron chi connectivity index (χ3n) is 6.42. The van der Waals surface area contributed by atoms with Gasteiger partial charge in [0, 0.05) is 49.1 Å². The van der Waals surface area contributed by atoms with Crippen LogP contribution in [0.2, 0.25) is 0 Å². The number of Topliss-reactive ketones (excluding diaryl/α,β-unsaturated/α-hetero) is 1. The minimum atomic E-state index is -0.440. The van der Waals surface area contributed by atoms with Crippen molar-refractivity contribution in [3.8, 4) is 0 Å². The van der Waals surface area contributed by atoms with Crippen LogP contribution in [0.15, 0.2) is 77.1 Å². The average molecular weight is 445 g/mol. The molecule has 0 bridgehead atoms. The first kappa shape index (κ1) is 22.8. The maximum absolute atomic E-state index is 13.4. The Kier molecular flexibility index (Phi) is 6.15. The lowest BCUT2D eigenvalue weighted by Crippen LogP contribution is -2.38. The number of ketones is 1. The molecule has 1 aliphatic heterocycles. The van der Waals surface area contributed by atoms with E-state index in [1.165, 1.54) is 0 Å². The maximum Gasteiger partial charge on any atom is 0.337 e. The van der Waals surface area contributed by atoms with Crippen LogP contribution < -0.4 is 10.2 Å². The van der Waals surface area contributed by atoms with Gasteiger partial charge in [-0.25, -0.2) is 4.79 Å². The maximum atomic E-state index is 13.4. The summed E-state index contributed by atoms with van der Waals surface area (Å²) in [6, 6.07) is 17.7. The van der Waals surface area contributed by atoms with Crippen LogP contribution in [0.25, 0.3) is 0 Å². The molecule has 1 atom stereocenters. The van der Waals surface area contributed by atoms with Gasteiger partial charge in [0.15, 0.2) is 5.78 Å². The third-order valence-corrected chi connectivity index (χ3v) is 6.42. The van der Waals surface area contributed by atoms with E-state index in [2.05, 4.69) is 19.2 Å². The molecule has 5 nitrogen and oxygen atoms in total. The van der Waals surface area contributed by atoms with Gasteiger partial charge in [0.1, 0.15) is 6.61 Å². The van der Waals surface area contributed by atoms with E-state index < -0.39 is 11.9 Å². The molecule has 5 heteroatoms. The van der Waals surface area contributed by atoms with Gasteiger partial charge in [-0.3, -0.25) is 4.79 Å². The van der Waals surface area contributed by atoms with Crippen LogP contribution in [0, 0.1) is 5.41 Å². The van der Waals surface area contributed by atoms with E-state index in [-0.39, 0.29) is 17.8 Å². The van der Waals surface area contributed by atoms with E-state index >= 15 is 0 Å². The molecule has 0 amide bonds. The van der Waals surface area contributed by atoms with Crippen molar-refractivity contribution in [3.05, 3.63) is 88.3 Å². The number of anilines is 1. The smallest absolute Gasteiger partial charge is 0.337 e. The Bertz CT molecular complexity index is 1130. The van der Waals surface area contributed by atoms with Crippen LogP contribution in [-0.4, -0.2) is 25.8 Å². The van der Waals surface area contributed by atoms with Gasteiger partial charge in [0.2, 0.25) is 0 Å². The largest absolute Gasteiger partial charge is 0.457 e. The van der Waals surface area contributed by atoms with Crippen molar-refractivity contribution in [1.29, 1.82) is 0 Å². The van der Waals surface area contributed by atoms with Crippen molar-refractivity contribution >= 4 is 17.4 Å². The van der Waals surface area contributed by atoms with Crippen LogP contribution in [0.3, 0.4) is 0 Å². The molecular formula is C28H32N2O3. The highest BCUT2D eigenvalue weighted by Crippen LogP contribution is 2.47. The zero-order chi connectivity index (χ0) is 23.8. The van der Waals surface area contributed by atoms with Crippen LogP contribution in [0.4, 0.5) is 5.69 Å². The number of nitrogens with one attached hydrogen (secondary N) is 1. The minimum Gasteiger partial charge on any atom is -0.457 e. The first-order valence-corrected chi connectivity index (χ1v) is 11.4. The summed E-state index contributed by atoms with van der Waals surface area (Å²) in [6.45, 7) is 6.31. The van der Waals surface area contributed by atoms with Gasteiger partial charge in [0.25, 0.3) is 0 Å². The molecule has 0 fully saturated rings. The number of carbonyl (C=O) groups is 2. The molecule has 1 N–H and O–H groups in total. The summed E-state index contributed by atoms with van der Waals surface area (Å²) < 4.78 is 5.73. The van der Waals surface area contributed by atoms with Gasteiger partial charge in [-0.2, -0.15) is 0 Å². The number of dihydropyridines is 1. The summed E-state index contributed by atoms with van der Waals surface area (Å²) in [6.07, 6.45) is 1.23. The highest BCUT2D eigenvalue weighted by atomic mass is 16.5. The lowest BCUT2D eigenvalue weighted by atomic mass is 9.68. The van der Waals surface area contributed by atoms with Crippen molar-refractivity contribution in [2.45, 2.75) is 46.1 Å². The number of hydrogen-bond donors (Lipinski definition) is 1. The standard InChI is InChI=1S/C28H32N2O3/c1-18-24(27(32)33-17-19-9-7-6-8-10-19)25(20-11-13-21(14-12-20)30(4)5)26-22(29-18)15-28(2,3)16-23(26)31/h6-14,25,29H,15-17H2,1-5H3/t25-/m0/s1. The number of carbonyl (C=O) groups excluding carboxylic acids is 2. The molecule has 2 aromatic carbocycles. The first-order valence-electron chi connectivity index (χ1n) is 11.4. The molecule has 1 heterocycles. The SMILES string of the molecule is CC1=C(C(=O)OCc2ccccc2)[C@H](c2ccc(N(C)C)cc2)C2=C(CC(C)(C)CC2=O)N1. The van der Waals surface area contributed by atoms with Gasteiger partial charge in [0.05, 0.1) is 5.57 Å². The second kappa shape index (κ2) is 8.89. The Hall–Kier alpha value is -3.34. The lowest BCUT2D eigenvalue weighted by molar-refractivity contribution is -0.140. The predicted molar refractivity (Wildman–Crippen MR) is 131 cm³/mol. The Morgan fingerprint density at radius 2 is 1.73 bits per heavy atom. The van der Waals surface area contributed by atoms with Gasteiger partial charge < -0.3 is 15.0 Å². The van der Waals surface area contributed by atoms with E-state index in [4.69, 9.17) is 4.74 Å². The molecule has 0 radical (unpaired) electrons. The van der Waals surface area contributed by atoms with Gasteiger partial charge in [-0.15, -0.1) is 0 Å². The van der Waals surface area contributed by atoms with E-state index in [0.29, 0.717) is 17.6 Å². The van der Waals surface area contributed by atoms with Crippen LogP contribution in [0.1, 0.15) is 50.7 Å².